The van der Waals surface area contributed by atoms with E-state index in [0.717, 1.165) is 24.0 Å². The van der Waals surface area contributed by atoms with E-state index in [1.165, 1.54) is 0 Å². The molecule has 1 aromatic carbocycles. The summed E-state index contributed by atoms with van der Waals surface area (Å²) in [5.41, 5.74) is 0.703. The first kappa shape index (κ1) is 13.4. The fraction of sp³-hybridized carbons (Fsp3) is 0.500. The minimum Gasteiger partial charge on any atom is -0.497 e. The maximum atomic E-state index is 12.5. The fourth-order valence-corrected chi connectivity index (χ4v) is 3.41. The van der Waals surface area contributed by atoms with Gasteiger partial charge in [-0.05, 0) is 30.5 Å². The van der Waals surface area contributed by atoms with Crippen molar-refractivity contribution in [2.45, 2.75) is 19.4 Å². The van der Waals surface area contributed by atoms with Gasteiger partial charge in [0, 0.05) is 23.5 Å². The van der Waals surface area contributed by atoms with E-state index >= 15 is 0 Å². The number of hydrogen-bond acceptors (Lipinski definition) is 2. The standard InChI is InChI=1S/C14H18BrNO2/c1-10-6-7-16(13(10)9-15)14(17)11-4-3-5-12(8-11)18-2/h3-5,8,10,13H,6-7,9H2,1-2H3. The first-order valence-electron chi connectivity index (χ1n) is 6.18. The Morgan fingerprint density at radius 2 is 2.33 bits per heavy atom. The number of alkyl halides is 1. The number of carbonyl (C=O) groups is 1. The molecule has 0 radical (unpaired) electrons. The summed E-state index contributed by atoms with van der Waals surface area (Å²) in [6.07, 6.45) is 1.08. The van der Waals surface area contributed by atoms with Crippen LogP contribution in [0.2, 0.25) is 0 Å². The molecule has 98 valence electrons. The molecule has 0 N–H and O–H groups in total. The van der Waals surface area contributed by atoms with Crippen LogP contribution in [0.5, 0.6) is 5.75 Å². The van der Waals surface area contributed by atoms with Crippen molar-refractivity contribution in [3.05, 3.63) is 29.8 Å². The van der Waals surface area contributed by atoms with Gasteiger partial charge < -0.3 is 9.64 Å². The molecule has 1 aromatic rings. The first-order chi connectivity index (χ1) is 8.67. The molecule has 0 aromatic heterocycles. The number of carbonyl (C=O) groups excluding carboxylic acids is 1. The van der Waals surface area contributed by atoms with Crippen LogP contribution < -0.4 is 4.74 Å². The minimum atomic E-state index is 0.0997. The van der Waals surface area contributed by atoms with Gasteiger partial charge >= 0.3 is 0 Å². The van der Waals surface area contributed by atoms with Crippen LogP contribution in [-0.2, 0) is 0 Å². The summed E-state index contributed by atoms with van der Waals surface area (Å²) in [4.78, 5) is 14.4. The molecule has 2 unspecified atom stereocenters. The Morgan fingerprint density at radius 1 is 1.56 bits per heavy atom. The molecule has 3 nitrogen and oxygen atoms in total. The molecule has 0 spiro atoms. The summed E-state index contributed by atoms with van der Waals surface area (Å²) >= 11 is 3.51. The van der Waals surface area contributed by atoms with Crippen LogP contribution in [0.15, 0.2) is 24.3 Å². The molecule has 1 aliphatic heterocycles. The van der Waals surface area contributed by atoms with E-state index < -0.39 is 0 Å². The van der Waals surface area contributed by atoms with Crippen molar-refractivity contribution in [1.82, 2.24) is 4.90 Å². The van der Waals surface area contributed by atoms with Crippen LogP contribution in [0, 0.1) is 5.92 Å². The highest BCUT2D eigenvalue weighted by Gasteiger charge is 2.33. The van der Waals surface area contributed by atoms with Crippen LogP contribution >= 0.6 is 15.9 Å². The van der Waals surface area contributed by atoms with E-state index in [9.17, 15) is 4.79 Å². The summed E-state index contributed by atoms with van der Waals surface area (Å²) in [7, 11) is 1.61. The average molecular weight is 312 g/mol. The molecule has 0 saturated carbocycles. The lowest BCUT2D eigenvalue weighted by molar-refractivity contribution is 0.0738. The van der Waals surface area contributed by atoms with Crippen LogP contribution in [0.4, 0.5) is 0 Å². The van der Waals surface area contributed by atoms with Gasteiger partial charge in [0.1, 0.15) is 5.75 Å². The molecule has 18 heavy (non-hydrogen) atoms. The molecule has 2 atom stereocenters. The third-order valence-corrected chi connectivity index (χ3v) is 4.28. The number of benzene rings is 1. The second-order valence-corrected chi connectivity index (χ2v) is 5.37. The van der Waals surface area contributed by atoms with Crippen molar-refractivity contribution in [2.75, 3.05) is 19.0 Å². The molecule has 1 saturated heterocycles. The third kappa shape index (κ3) is 2.53. The number of methoxy groups -OCH3 is 1. The highest BCUT2D eigenvalue weighted by molar-refractivity contribution is 9.09. The van der Waals surface area contributed by atoms with Gasteiger partial charge in [-0.3, -0.25) is 4.79 Å². The van der Waals surface area contributed by atoms with E-state index in [1.54, 1.807) is 13.2 Å². The summed E-state index contributed by atoms with van der Waals surface area (Å²) < 4.78 is 5.16. The molecule has 2 rings (SSSR count). The van der Waals surface area contributed by atoms with Crippen molar-refractivity contribution in [1.29, 1.82) is 0 Å². The van der Waals surface area contributed by atoms with Gasteiger partial charge in [-0.15, -0.1) is 0 Å². The van der Waals surface area contributed by atoms with E-state index in [4.69, 9.17) is 4.74 Å². The highest BCUT2D eigenvalue weighted by Crippen LogP contribution is 2.27. The zero-order valence-electron chi connectivity index (χ0n) is 10.7. The van der Waals surface area contributed by atoms with Gasteiger partial charge in [-0.25, -0.2) is 0 Å². The number of likely N-dealkylation sites (tertiary alicyclic amines) is 1. The monoisotopic (exact) mass is 311 g/mol. The van der Waals surface area contributed by atoms with Gasteiger partial charge in [0.2, 0.25) is 0 Å². The van der Waals surface area contributed by atoms with Crippen LogP contribution in [-0.4, -0.2) is 35.8 Å². The summed E-state index contributed by atoms with van der Waals surface area (Å²) in [6.45, 7) is 3.04. The Morgan fingerprint density at radius 3 is 3.00 bits per heavy atom. The average Bonchev–Trinajstić information content (AvgIpc) is 2.79. The lowest BCUT2D eigenvalue weighted by Crippen LogP contribution is -2.38. The third-order valence-electron chi connectivity index (χ3n) is 3.62. The van der Waals surface area contributed by atoms with Crippen molar-refractivity contribution in [3.63, 3.8) is 0 Å². The predicted molar refractivity (Wildman–Crippen MR) is 75.4 cm³/mol. The van der Waals surface area contributed by atoms with Crippen molar-refractivity contribution in [2.24, 2.45) is 5.92 Å². The Labute approximate surface area is 116 Å². The molecule has 1 aliphatic rings. The van der Waals surface area contributed by atoms with E-state index in [1.807, 2.05) is 23.1 Å². The molecule has 0 aliphatic carbocycles. The second-order valence-electron chi connectivity index (χ2n) is 4.72. The maximum absolute atomic E-state index is 12.5. The van der Waals surface area contributed by atoms with Gasteiger partial charge in [0.05, 0.1) is 7.11 Å². The van der Waals surface area contributed by atoms with E-state index in [2.05, 4.69) is 22.9 Å². The molecular formula is C14H18BrNO2. The Bertz CT molecular complexity index is 436. The fourth-order valence-electron chi connectivity index (χ4n) is 2.42. The van der Waals surface area contributed by atoms with E-state index in [-0.39, 0.29) is 5.91 Å². The van der Waals surface area contributed by atoms with Crippen molar-refractivity contribution >= 4 is 21.8 Å². The lowest BCUT2D eigenvalue weighted by atomic mass is 10.0. The molecule has 1 fully saturated rings. The smallest absolute Gasteiger partial charge is 0.254 e. The first-order valence-corrected chi connectivity index (χ1v) is 7.30. The number of ether oxygens (including phenoxy) is 1. The minimum absolute atomic E-state index is 0.0997. The summed E-state index contributed by atoms with van der Waals surface area (Å²) in [5, 5.41) is 0.837. The quantitative estimate of drug-likeness (QED) is 0.803. The van der Waals surface area contributed by atoms with E-state index in [0.29, 0.717) is 17.5 Å². The van der Waals surface area contributed by atoms with Gasteiger partial charge in [-0.2, -0.15) is 0 Å². The predicted octanol–water partition coefficient (Wildman–Crippen LogP) is 2.94. The zero-order valence-corrected chi connectivity index (χ0v) is 12.3. The van der Waals surface area contributed by atoms with Gasteiger partial charge in [0.15, 0.2) is 0 Å². The summed E-state index contributed by atoms with van der Waals surface area (Å²) in [5.74, 6) is 1.38. The number of rotatable bonds is 3. The number of amides is 1. The molecule has 1 heterocycles. The van der Waals surface area contributed by atoms with Crippen LogP contribution in [0.25, 0.3) is 0 Å². The lowest BCUT2D eigenvalue weighted by Gasteiger charge is -2.25. The SMILES string of the molecule is COc1cccc(C(=O)N2CCC(C)C2CBr)c1. The van der Waals surface area contributed by atoms with Crippen molar-refractivity contribution < 1.29 is 9.53 Å². The Balaban J connectivity index is 2.20. The molecular weight excluding hydrogens is 294 g/mol. The zero-order chi connectivity index (χ0) is 13.1. The second kappa shape index (κ2) is 5.74. The Kier molecular flexibility index (Phi) is 4.27. The van der Waals surface area contributed by atoms with Crippen molar-refractivity contribution in [3.8, 4) is 5.75 Å². The molecule has 0 bridgehead atoms. The van der Waals surface area contributed by atoms with Gasteiger partial charge in [-0.1, -0.05) is 28.9 Å². The van der Waals surface area contributed by atoms with Gasteiger partial charge in [0.25, 0.3) is 5.91 Å². The maximum Gasteiger partial charge on any atom is 0.254 e. The summed E-state index contributed by atoms with van der Waals surface area (Å²) in [6, 6.07) is 7.65. The normalized spacial score (nSPS) is 23.2. The number of hydrogen-bond donors (Lipinski definition) is 0. The molecule has 4 heteroatoms. The highest BCUT2D eigenvalue weighted by atomic mass is 79.9. The van der Waals surface area contributed by atoms with Crippen LogP contribution in [0.1, 0.15) is 23.7 Å². The molecule has 1 amide bonds. The largest absolute Gasteiger partial charge is 0.497 e. The topological polar surface area (TPSA) is 29.5 Å². The number of halogens is 1. The van der Waals surface area contributed by atoms with Crippen LogP contribution in [0.3, 0.4) is 0 Å². The Hall–Kier alpha value is -1.03. The number of nitrogens with zero attached hydrogens (tertiary/aromatic N) is 1.